The summed E-state index contributed by atoms with van der Waals surface area (Å²) in [5.74, 6) is 0.121. The van der Waals surface area contributed by atoms with Crippen molar-refractivity contribution in [3.63, 3.8) is 0 Å². The van der Waals surface area contributed by atoms with Gasteiger partial charge in [-0.2, -0.15) is 0 Å². The van der Waals surface area contributed by atoms with Crippen LogP contribution in [0.3, 0.4) is 0 Å². The van der Waals surface area contributed by atoms with Gasteiger partial charge in [-0.3, -0.25) is 9.78 Å². The number of pyridine rings is 1. The molecule has 0 aliphatic carbocycles. The fraction of sp³-hybridized carbons (Fsp3) is 0.0625. The van der Waals surface area contributed by atoms with E-state index in [0.29, 0.717) is 11.4 Å². The van der Waals surface area contributed by atoms with Crippen molar-refractivity contribution < 1.29 is 9.32 Å². The lowest BCUT2D eigenvalue weighted by molar-refractivity contribution is 0.102. The van der Waals surface area contributed by atoms with Gasteiger partial charge >= 0.3 is 0 Å². The average Bonchev–Trinajstić information content (AvgIpc) is 3.02. The van der Waals surface area contributed by atoms with Gasteiger partial charge in [-0.25, -0.2) is 0 Å². The lowest BCUT2D eigenvalue weighted by Crippen LogP contribution is -2.12. The predicted molar refractivity (Wildman–Crippen MR) is 77.9 cm³/mol. The molecule has 0 radical (unpaired) electrons. The Bertz CT molecular complexity index is 707. The summed E-state index contributed by atoms with van der Waals surface area (Å²) in [6, 6.07) is 15.2. The number of rotatable bonds is 4. The van der Waals surface area contributed by atoms with Gasteiger partial charge in [0.2, 0.25) is 0 Å². The Morgan fingerprint density at radius 1 is 1.10 bits per heavy atom. The van der Waals surface area contributed by atoms with Crippen molar-refractivity contribution in [1.82, 2.24) is 10.1 Å². The second-order valence-electron chi connectivity index (χ2n) is 4.54. The van der Waals surface area contributed by atoms with Crippen molar-refractivity contribution in [1.29, 1.82) is 0 Å². The van der Waals surface area contributed by atoms with Gasteiger partial charge in [0.25, 0.3) is 5.91 Å². The molecule has 2 heterocycles. The van der Waals surface area contributed by atoms with Crippen LogP contribution in [0.5, 0.6) is 0 Å². The lowest BCUT2D eigenvalue weighted by atomic mass is 10.1. The SMILES string of the molecule is O=C(Nc1ccon1)c1ccc(Cc2ccccc2)nc1. The molecule has 0 atom stereocenters. The second-order valence-corrected chi connectivity index (χ2v) is 4.54. The number of carbonyl (C=O) groups excluding carboxylic acids is 1. The average molecular weight is 279 g/mol. The van der Waals surface area contributed by atoms with Crippen LogP contribution in [-0.4, -0.2) is 16.0 Å². The van der Waals surface area contributed by atoms with E-state index in [1.807, 2.05) is 36.4 Å². The number of aromatic nitrogens is 2. The van der Waals surface area contributed by atoms with Gasteiger partial charge in [-0.15, -0.1) is 0 Å². The minimum atomic E-state index is -0.261. The molecule has 0 aliphatic heterocycles. The smallest absolute Gasteiger partial charge is 0.258 e. The molecule has 0 fully saturated rings. The highest BCUT2D eigenvalue weighted by atomic mass is 16.5. The van der Waals surface area contributed by atoms with E-state index >= 15 is 0 Å². The van der Waals surface area contributed by atoms with Crippen LogP contribution in [0.4, 0.5) is 5.82 Å². The monoisotopic (exact) mass is 279 g/mol. The maximum absolute atomic E-state index is 11.9. The Hall–Kier alpha value is -2.95. The van der Waals surface area contributed by atoms with Gasteiger partial charge in [-0.1, -0.05) is 35.5 Å². The second kappa shape index (κ2) is 6.00. The number of anilines is 1. The highest BCUT2D eigenvalue weighted by Crippen LogP contribution is 2.09. The zero-order valence-electron chi connectivity index (χ0n) is 11.2. The van der Waals surface area contributed by atoms with Crippen molar-refractivity contribution in [3.8, 4) is 0 Å². The third-order valence-corrected chi connectivity index (χ3v) is 2.99. The van der Waals surface area contributed by atoms with Crippen LogP contribution in [0, 0.1) is 0 Å². The summed E-state index contributed by atoms with van der Waals surface area (Å²) < 4.78 is 4.66. The van der Waals surface area contributed by atoms with Crippen molar-refractivity contribution in [2.75, 3.05) is 5.32 Å². The first-order chi connectivity index (χ1) is 10.3. The van der Waals surface area contributed by atoms with Gasteiger partial charge in [0.15, 0.2) is 5.82 Å². The van der Waals surface area contributed by atoms with E-state index in [4.69, 9.17) is 0 Å². The molecule has 0 aliphatic rings. The number of amides is 1. The van der Waals surface area contributed by atoms with Crippen LogP contribution >= 0.6 is 0 Å². The van der Waals surface area contributed by atoms with Gasteiger partial charge in [0, 0.05) is 24.4 Å². The first-order valence-corrected chi connectivity index (χ1v) is 6.52. The molecule has 1 N–H and O–H groups in total. The number of hydrogen-bond acceptors (Lipinski definition) is 4. The summed E-state index contributed by atoms with van der Waals surface area (Å²) in [4.78, 5) is 16.3. The quantitative estimate of drug-likeness (QED) is 0.797. The van der Waals surface area contributed by atoms with E-state index in [1.54, 1.807) is 18.3 Å². The molecule has 5 nitrogen and oxygen atoms in total. The summed E-state index contributed by atoms with van der Waals surface area (Å²) in [6.45, 7) is 0. The van der Waals surface area contributed by atoms with Crippen LogP contribution in [0.1, 0.15) is 21.6 Å². The summed E-state index contributed by atoms with van der Waals surface area (Å²) in [7, 11) is 0. The number of nitrogens with zero attached hydrogens (tertiary/aromatic N) is 2. The highest BCUT2D eigenvalue weighted by Gasteiger charge is 2.08. The summed E-state index contributed by atoms with van der Waals surface area (Å²) in [6.07, 6.45) is 3.70. The van der Waals surface area contributed by atoms with E-state index < -0.39 is 0 Å². The standard InChI is InChI=1S/C16H13N3O2/c20-16(18-15-8-9-21-19-15)13-6-7-14(17-11-13)10-12-4-2-1-3-5-12/h1-9,11H,10H2,(H,18,19,20). The molecule has 3 rings (SSSR count). The van der Waals surface area contributed by atoms with Crippen molar-refractivity contribution in [2.45, 2.75) is 6.42 Å². The van der Waals surface area contributed by atoms with E-state index in [0.717, 1.165) is 12.1 Å². The molecule has 0 saturated carbocycles. The fourth-order valence-electron chi connectivity index (χ4n) is 1.93. The molecule has 1 amide bonds. The number of carbonyl (C=O) groups is 1. The Balaban J connectivity index is 1.68. The summed E-state index contributed by atoms with van der Waals surface area (Å²) in [5, 5.41) is 6.25. The van der Waals surface area contributed by atoms with Crippen LogP contribution in [0.15, 0.2) is 65.5 Å². The largest absolute Gasteiger partial charge is 0.363 e. The third kappa shape index (κ3) is 3.33. The van der Waals surface area contributed by atoms with E-state index in [-0.39, 0.29) is 5.91 Å². The Labute approximate surface area is 121 Å². The van der Waals surface area contributed by atoms with Crippen LogP contribution < -0.4 is 5.32 Å². The van der Waals surface area contributed by atoms with Crippen molar-refractivity contribution >= 4 is 11.7 Å². The molecule has 104 valence electrons. The Morgan fingerprint density at radius 2 is 1.95 bits per heavy atom. The molecular formula is C16H13N3O2. The molecule has 3 aromatic rings. The molecule has 5 heteroatoms. The summed E-state index contributed by atoms with van der Waals surface area (Å²) >= 11 is 0. The lowest BCUT2D eigenvalue weighted by Gasteiger charge is -2.04. The number of benzene rings is 1. The van der Waals surface area contributed by atoms with E-state index in [9.17, 15) is 4.79 Å². The predicted octanol–water partition coefficient (Wildman–Crippen LogP) is 2.91. The topological polar surface area (TPSA) is 68.0 Å². The van der Waals surface area contributed by atoms with Gasteiger partial charge < -0.3 is 9.84 Å². The normalized spacial score (nSPS) is 10.3. The first-order valence-electron chi connectivity index (χ1n) is 6.52. The van der Waals surface area contributed by atoms with E-state index in [2.05, 4.69) is 20.0 Å². The minimum Gasteiger partial charge on any atom is -0.363 e. The maximum Gasteiger partial charge on any atom is 0.258 e. The highest BCUT2D eigenvalue weighted by molar-refractivity contribution is 6.03. The molecule has 0 saturated heterocycles. The molecule has 2 aromatic heterocycles. The van der Waals surface area contributed by atoms with Crippen LogP contribution in [-0.2, 0) is 6.42 Å². The molecule has 0 spiro atoms. The minimum absolute atomic E-state index is 0.261. The molecular weight excluding hydrogens is 266 g/mol. The van der Waals surface area contributed by atoms with Crippen molar-refractivity contribution in [3.05, 3.63) is 77.8 Å². The maximum atomic E-state index is 11.9. The van der Waals surface area contributed by atoms with E-state index in [1.165, 1.54) is 11.8 Å². The zero-order chi connectivity index (χ0) is 14.5. The molecule has 1 aromatic carbocycles. The third-order valence-electron chi connectivity index (χ3n) is 2.99. The fourth-order valence-corrected chi connectivity index (χ4v) is 1.93. The van der Waals surface area contributed by atoms with Gasteiger partial charge in [0.1, 0.15) is 6.26 Å². The number of nitrogens with one attached hydrogen (secondary N) is 1. The van der Waals surface area contributed by atoms with Crippen LogP contribution in [0.25, 0.3) is 0 Å². The van der Waals surface area contributed by atoms with Gasteiger partial charge in [-0.05, 0) is 17.7 Å². The summed E-state index contributed by atoms with van der Waals surface area (Å²) in [5.41, 5.74) is 2.58. The van der Waals surface area contributed by atoms with Gasteiger partial charge in [0.05, 0.1) is 5.56 Å². The number of hydrogen-bond donors (Lipinski definition) is 1. The first kappa shape index (κ1) is 13.1. The molecule has 0 unspecified atom stereocenters. The Morgan fingerprint density at radius 3 is 2.62 bits per heavy atom. The molecule has 21 heavy (non-hydrogen) atoms. The Kier molecular flexibility index (Phi) is 3.73. The zero-order valence-corrected chi connectivity index (χ0v) is 11.2. The molecule has 0 bridgehead atoms. The van der Waals surface area contributed by atoms with Crippen LogP contribution in [0.2, 0.25) is 0 Å². The van der Waals surface area contributed by atoms with Crippen molar-refractivity contribution in [2.24, 2.45) is 0 Å².